The Hall–Kier alpha value is -2.19. The fourth-order valence-electron chi connectivity index (χ4n) is 2.09. The molecule has 0 atom stereocenters. The smallest absolute Gasteiger partial charge is 0.181 e. The second-order valence-electron chi connectivity index (χ2n) is 4.71. The summed E-state index contributed by atoms with van der Waals surface area (Å²) in [5.74, 6) is 1.01. The van der Waals surface area contributed by atoms with Gasteiger partial charge in [-0.2, -0.15) is 0 Å². The Bertz CT molecular complexity index is 907. The summed E-state index contributed by atoms with van der Waals surface area (Å²) in [7, 11) is -3.30. The van der Waals surface area contributed by atoms with Crippen molar-refractivity contribution in [3.63, 3.8) is 0 Å². The van der Waals surface area contributed by atoms with E-state index in [2.05, 4.69) is 19.9 Å². The molecule has 2 aromatic heterocycles. The Kier molecular flexibility index (Phi) is 4.86. The maximum atomic E-state index is 11.7. The second-order valence-corrected chi connectivity index (χ2v) is 6.72. The van der Waals surface area contributed by atoms with E-state index in [9.17, 15) is 8.42 Å². The SMILES string of the molecule is CCOc1cc(S(C)(=O)=O)ccc1-c1nc2ncncc2[nH]1.Cl. The fourth-order valence-corrected chi connectivity index (χ4v) is 2.73. The first-order valence-corrected chi connectivity index (χ1v) is 8.51. The van der Waals surface area contributed by atoms with Gasteiger partial charge in [0.1, 0.15) is 23.4 Å². The monoisotopic (exact) mass is 354 g/mol. The molecule has 0 unspecified atom stereocenters. The highest BCUT2D eigenvalue weighted by molar-refractivity contribution is 7.90. The lowest BCUT2D eigenvalue weighted by atomic mass is 10.2. The van der Waals surface area contributed by atoms with Crippen LogP contribution in [0.2, 0.25) is 0 Å². The highest BCUT2D eigenvalue weighted by atomic mass is 35.5. The van der Waals surface area contributed by atoms with Crippen molar-refractivity contribution in [2.45, 2.75) is 11.8 Å². The first-order valence-electron chi connectivity index (χ1n) is 6.62. The lowest BCUT2D eigenvalue weighted by molar-refractivity contribution is 0.340. The number of aromatic nitrogens is 4. The highest BCUT2D eigenvalue weighted by Crippen LogP contribution is 2.31. The molecule has 0 spiro atoms. The molecule has 9 heteroatoms. The lowest BCUT2D eigenvalue weighted by Gasteiger charge is -2.10. The minimum absolute atomic E-state index is 0. The summed E-state index contributed by atoms with van der Waals surface area (Å²) in [6.45, 7) is 2.25. The Balaban J connectivity index is 0.00000192. The zero-order valence-electron chi connectivity index (χ0n) is 12.5. The largest absolute Gasteiger partial charge is 0.493 e. The van der Waals surface area contributed by atoms with Crippen molar-refractivity contribution in [1.29, 1.82) is 0 Å². The summed E-state index contributed by atoms with van der Waals surface area (Å²) in [6, 6.07) is 4.71. The van der Waals surface area contributed by atoms with Gasteiger partial charge in [0.2, 0.25) is 0 Å². The van der Waals surface area contributed by atoms with Crippen LogP contribution in [0.1, 0.15) is 6.92 Å². The van der Waals surface area contributed by atoms with Gasteiger partial charge < -0.3 is 9.72 Å². The number of hydrogen-bond donors (Lipinski definition) is 1. The number of ether oxygens (including phenoxy) is 1. The number of nitrogens with one attached hydrogen (secondary N) is 1. The van der Waals surface area contributed by atoms with Gasteiger partial charge in [-0.3, -0.25) is 0 Å². The number of sulfone groups is 1. The zero-order chi connectivity index (χ0) is 15.7. The quantitative estimate of drug-likeness (QED) is 0.771. The molecule has 1 aromatic carbocycles. The molecule has 122 valence electrons. The molecule has 1 N–H and O–H groups in total. The summed E-state index contributed by atoms with van der Waals surface area (Å²) < 4.78 is 28.9. The maximum Gasteiger partial charge on any atom is 0.181 e. The molecule has 23 heavy (non-hydrogen) atoms. The number of hydrogen-bond acceptors (Lipinski definition) is 6. The molecular formula is C14H15ClN4O3S. The van der Waals surface area contributed by atoms with Crippen molar-refractivity contribution in [1.82, 2.24) is 19.9 Å². The molecule has 0 aliphatic heterocycles. The molecule has 3 rings (SSSR count). The number of aromatic amines is 1. The predicted molar refractivity (Wildman–Crippen MR) is 88.6 cm³/mol. The van der Waals surface area contributed by atoms with Crippen molar-refractivity contribution < 1.29 is 13.2 Å². The molecule has 3 aromatic rings. The summed E-state index contributed by atoms with van der Waals surface area (Å²) in [6.07, 6.45) is 4.21. The van der Waals surface area contributed by atoms with Gasteiger partial charge in [-0.15, -0.1) is 12.4 Å². The standard InChI is InChI=1S/C14H14N4O3S.ClH/c1-3-21-12-6-9(22(2,19)20)4-5-10(12)13-17-11-7-15-8-16-14(11)18-13;/h4-8H,3H2,1-2H3,(H,15,16,17,18);1H. The second kappa shape index (κ2) is 6.51. The minimum atomic E-state index is -3.30. The topological polar surface area (TPSA) is 97.8 Å². The van der Waals surface area contributed by atoms with E-state index in [0.717, 1.165) is 6.26 Å². The third-order valence-corrected chi connectivity index (χ3v) is 4.21. The van der Waals surface area contributed by atoms with Gasteiger partial charge in [-0.1, -0.05) is 0 Å². The van der Waals surface area contributed by atoms with Crippen LogP contribution in [0.25, 0.3) is 22.6 Å². The number of fused-ring (bicyclic) bond motifs is 1. The molecule has 0 bridgehead atoms. The van der Waals surface area contributed by atoms with Gasteiger partial charge >= 0.3 is 0 Å². The average molecular weight is 355 g/mol. The van der Waals surface area contributed by atoms with Gasteiger partial charge in [-0.25, -0.2) is 23.4 Å². The third-order valence-electron chi connectivity index (χ3n) is 3.10. The van der Waals surface area contributed by atoms with Crippen LogP contribution in [0.5, 0.6) is 5.75 Å². The molecule has 0 aliphatic carbocycles. The number of H-pyrrole nitrogens is 1. The Morgan fingerprint density at radius 3 is 2.74 bits per heavy atom. The van der Waals surface area contributed by atoms with Gasteiger partial charge in [0, 0.05) is 6.26 Å². The van der Waals surface area contributed by atoms with Crippen LogP contribution >= 0.6 is 12.4 Å². The van der Waals surface area contributed by atoms with Crippen LogP contribution in [0.4, 0.5) is 0 Å². The molecule has 7 nitrogen and oxygen atoms in total. The summed E-state index contributed by atoms with van der Waals surface area (Å²) in [4.78, 5) is 15.7. The molecule has 0 amide bonds. The number of nitrogens with zero attached hydrogens (tertiary/aromatic N) is 3. The number of halogens is 1. The highest BCUT2D eigenvalue weighted by Gasteiger charge is 2.16. The van der Waals surface area contributed by atoms with E-state index in [1.807, 2.05) is 6.92 Å². The Morgan fingerprint density at radius 2 is 2.09 bits per heavy atom. The van der Waals surface area contributed by atoms with Crippen LogP contribution in [0, 0.1) is 0 Å². The first-order chi connectivity index (χ1) is 10.5. The van der Waals surface area contributed by atoms with E-state index >= 15 is 0 Å². The van der Waals surface area contributed by atoms with Crippen molar-refractivity contribution in [2.24, 2.45) is 0 Å². The number of imidazole rings is 1. The number of rotatable bonds is 4. The molecule has 2 heterocycles. The Labute approximate surface area is 139 Å². The Morgan fingerprint density at radius 1 is 1.30 bits per heavy atom. The normalized spacial score (nSPS) is 11.2. The molecule has 0 saturated heterocycles. The van der Waals surface area contributed by atoms with Crippen molar-refractivity contribution in [3.8, 4) is 17.1 Å². The summed E-state index contributed by atoms with van der Waals surface area (Å²) in [5, 5.41) is 0. The van der Waals surface area contributed by atoms with Crippen molar-refractivity contribution >= 4 is 33.4 Å². The van der Waals surface area contributed by atoms with Crippen LogP contribution < -0.4 is 4.74 Å². The van der Waals surface area contributed by atoms with E-state index < -0.39 is 9.84 Å². The predicted octanol–water partition coefficient (Wildman–Crippen LogP) is 2.24. The molecule has 0 saturated carbocycles. The van der Waals surface area contributed by atoms with Gasteiger partial charge in [0.05, 0.1) is 23.3 Å². The van der Waals surface area contributed by atoms with E-state index in [4.69, 9.17) is 4.74 Å². The van der Waals surface area contributed by atoms with Crippen LogP contribution in [0.3, 0.4) is 0 Å². The minimum Gasteiger partial charge on any atom is -0.493 e. The van der Waals surface area contributed by atoms with Crippen LogP contribution in [-0.4, -0.2) is 41.2 Å². The van der Waals surface area contributed by atoms with Crippen LogP contribution in [-0.2, 0) is 9.84 Å². The van der Waals surface area contributed by atoms with E-state index in [-0.39, 0.29) is 17.3 Å². The average Bonchev–Trinajstić information content (AvgIpc) is 2.90. The van der Waals surface area contributed by atoms with E-state index in [1.54, 1.807) is 12.3 Å². The van der Waals surface area contributed by atoms with Crippen molar-refractivity contribution in [3.05, 3.63) is 30.7 Å². The van der Waals surface area contributed by atoms with E-state index in [0.29, 0.717) is 34.9 Å². The first kappa shape index (κ1) is 17.2. The summed E-state index contributed by atoms with van der Waals surface area (Å²) >= 11 is 0. The van der Waals surface area contributed by atoms with Gasteiger partial charge in [-0.05, 0) is 25.1 Å². The zero-order valence-corrected chi connectivity index (χ0v) is 14.1. The van der Waals surface area contributed by atoms with E-state index in [1.165, 1.54) is 18.5 Å². The molecular weight excluding hydrogens is 340 g/mol. The van der Waals surface area contributed by atoms with Crippen LogP contribution in [0.15, 0.2) is 35.6 Å². The molecule has 0 radical (unpaired) electrons. The third kappa shape index (κ3) is 3.43. The summed E-state index contributed by atoms with van der Waals surface area (Å²) in [5.41, 5.74) is 1.92. The molecule has 0 aliphatic rings. The lowest BCUT2D eigenvalue weighted by Crippen LogP contribution is -2.00. The fraction of sp³-hybridized carbons (Fsp3) is 0.214. The number of benzene rings is 1. The van der Waals surface area contributed by atoms with Gasteiger partial charge in [0.25, 0.3) is 0 Å². The van der Waals surface area contributed by atoms with Gasteiger partial charge in [0.15, 0.2) is 15.5 Å². The maximum absolute atomic E-state index is 11.7. The van der Waals surface area contributed by atoms with Crippen molar-refractivity contribution in [2.75, 3.05) is 12.9 Å². The molecule has 0 fully saturated rings.